The Hall–Kier alpha value is -1.57. The lowest BCUT2D eigenvalue weighted by Gasteiger charge is -2.09. The minimum absolute atomic E-state index is 0.00400. The maximum absolute atomic E-state index is 12.4. The van der Waals surface area contributed by atoms with Crippen LogP contribution in [0.1, 0.15) is 58.6 Å². The number of hydrogen-bond donors (Lipinski definition) is 0. The quantitative estimate of drug-likeness (QED) is 0.559. The molecule has 0 saturated heterocycles. The molecule has 1 fully saturated rings. The zero-order valence-electron chi connectivity index (χ0n) is 14.6. The van der Waals surface area contributed by atoms with Crippen molar-refractivity contribution in [3.05, 3.63) is 47.0 Å². The van der Waals surface area contributed by atoms with E-state index in [1.54, 1.807) is 0 Å². The molecule has 1 aliphatic rings. The summed E-state index contributed by atoms with van der Waals surface area (Å²) in [6, 6.07) is 8.30. The van der Waals surface area contributed by atoms with E-state index >= 15 is 0 Å². The zero-order valence-corrected chi connectivity index (χ0v) is 14.6. The summed E-state index contributed by atoms with van der Waals surface area (Å²) in [5.74, 6) is 0.727. The van der Waals surface area contributed by atoms with Crippen LogP contribution in [0.4, 0.5) is 0 Å². The first-order valence-electron chi connectivity index (χ1n) is 8.14. The maximum Gasteiger partial charge on any atom is 0.310 e. The van der Waals surface area contributed by atoms with Crippen LogP contribution in [0.2, 0.25) is 0 Å². The summed E-state index contributed by atoms with van der Waals surface area (Å²) >= 11 is 0. The Bertz CT molecular complexity index is 577. The van der Waals surface area contributed by atoms with Crippen LogP contribution in [0.5, 0.6) is 0 Å². The van der Waals surface area contributed by atoms with Crippen LogP contribution >= 0.6 is 0 Å². The van der Waals surface area contributed by atoms with Crippen LogP contribution in [0.3, 0.4) is 0 Å². The molecule has 0 amide bonds. The topological polar surface area (TPSA) is 26.3 Å². The second-order valence-corrected chi connectivity index (χ2v) is 7.58. The van der Waals surface area contributed by atoms with Crippen molar-refractivity contribution >= 4 is 5.97 Å². The number of carbonyl (C=O) groups is 1. The van der Waals surface area contributed by atoms with Crippen LogP contribution in [0.25, 0.3) is 0 Å². The van der Waals surface area contributed by atoms with Crippen molar-refractivity contribution in [3.8, 4) is 0 Å². The largest absolute Gasteiger partial charge is 0.461 e. The smallest absolute Gasteiger partial charge is 0.310 e. The fourth-order valence-electron chi connectivity index (χ4n) is 3.08. The highest BCUT2D eigenvalue weighted by molar-refractivity contribution is 5.78. The Balaban J connectivity index is 1.97. The standard InChI is InChI=1S/C20H28O2/c1-13(2)10-17-18(20(17,5)6)19(21)22-12-15-8-7-9-16(11-15)14(3)4/h7-11,14,17-18H,12H2,1-6H3. The molecule has 22 heavy (non-hydrogen) atoms. The van der Waals surface area contributed by atoms with Gasteiger partial charge in [0.15, 0.2) is 0 Å². The molecule has 0 aromatic heterocycles. The molecule has 0 aliphatic heterocycles. The van der Waals surface area contributed by atoms with Crippen LogP contribution in [-0.4, -0.2) is 5.97 Å². The van der Waals surface area contributed by atoms with E-state index in [1.165, 1.54) is 11.1 Å². The number of ether oxygens (including phenoxy) is 1. The fourth-order valence-corrected chi connectivity index (χ4v) is 3.08. The van der Waals surface area contributed by atoms with Crippen LogP contribution in [-0.2, 0) is 16.1 Å². The van der Waals surface area contributed by atoms with Gasteiger partial charge < -0.3 is 4.74 Å². The van der Waals surface area contributed by atoms with Gasteiger partial charge in [0.25, 0.3) is 0 Å². The molecular weight excluding hydrogens is 272 g/mol. The van der Waals surface area contributed by atoms with E-state index in [2.05, 4.69) is 59.8 Å². The molecule has 2 heteroatoms. The van der Waals surface area contributed by atoms with Gasteiger partial charge in [-0.05, 0) is 42.2 Å². The van der Waals surface area contributed by atoms with Gasteiger partial charge in [0.2, 0.25) is 0 Å². The lowest BCUT2D eigenvalue weighted by atomic mass is 10.0. The summed E-state index contributed by atoms with van der Waals surface area (Å²) in [5.41, 5.74) is 3.63. The molecule has 0 radical (unpaired) electrons. The number of esters is 1. The van der Waals surface area contributed by atoms with E-state index in [1.807, 2.05) is 12.1 Å². The molecule has 2 rings (SSSR count). The number of hydrogen-bond acceptors (Lipinski definition) is 2. The maximum atomic E-state index is 12.4. The number of carbonyl (C=O) groups excluding carboxylic acids is 1. The molecule has 2 unspecified atom stereocenters. The van der Waals surface area contributed by atoms with Crippen molar-refractivity contribution in [2.24, 2.45) is 17.3 Å². The van der Waals surface area contributed by atoms with Gasteiger partial charge in [0, 0.05) is 0 Å². The molecule has 1 aliphatic carbocycles. The number of benzene rings is 1. The third kappa shape index (κ3) is 3.60. The Morgan fingerprint density at radius 1 is 1.32 bits per heavy atom. The van der Waals surface area contributed by atoms with Gasteiger partial charge in [0.1, 0.15) is 6.61 Å². The van der Waals surface area contributed by atoms with Gasteiger partial charge >= 0.3 is 5.97 Å². The van der Waals surface area contributed by atoms with Crippen LogP contribution in [0.15, 0.2) is 35.9 Å². The van der Waals surface area contributed by atoms with Crippen molar-refractivity contribution < 1.29 is 9.53 Å². The van der Waals surface area contributed by atoms with Crippen molar-refractivity contribution in [2.75, 3.05) is 0 Å². The van der Waals surface area contributed by atoms with Crippen molar-refractivity contribution in [3.63, 3.8) is 0 Å². The Kier molecular flexibility index (Phi) is 4.79. The highest BCUT2D eigenvalue weighted by atomic mass is 16.5. The van der Waals surface area contributed by atoms with E-state index in [4.69, 9.17) is 4.74 Å². The molecule has 0 spiro atoms. The van der Waals surface area contributed by atoms with E-state index in [9.17, 15) is 4.79 Å². The molecule has 1 saturated carbocycles. The minimum atomic E-state index is -0.0672. The summed E-state index contributed by atoms with van der Waals surface area (Å²) in [6.45, 7) is 13.1. The molecule has 2 nitrogen and oxygen atoms in total. The van der Waals surface area contributed by atoms with Gasteiger partial charge in [-0.2, -0.15) is 0 Å². The third-order valence-electron chi connectivity index (χ3n) is 4.68. The Labute approximate surface area is 134 Å². The lowest BCUT2D eigenvalue weighted by Crippen LogP contribution is -2.10. The van der Waals surface area contributed by atoms with Gasteiger partial charge in [-0.15, -0.1) is 0 Å². The summed E-state index contributed by atoms with van der Waals surface area (Å²) < 4.78 is 5.57. The lowest BCUT2D eigenvalue weighted by molar-refractivity contribution is -0.147. The molecule has 2 atom stereocenters. The average Bonchev–Trinajstić information content (AvgIpc) is 2.96. The van der Waals surface area contributed by atoms with E-state index in [0.29, 0.717) is 18.4 Å². The van der Waals surface area contributed by atoms with Crippen LogP contribution < -0.4 is 0 Å². The first-order valence-corrected chi connectivity index (χ1v) is 8.14. The number of rotatable bonds is 5. The van der Waals surface area contributed by atoms with E-state index in [-0.39, 0.29) is 17.3 Å². The second kappa shape index (κ2) is 6.28. The highest BCUT2D eigenvalue weighted by Crippen LogP contribution is 2.59. The predicted molar refractivity (Wildman–Crippen MR) is 90.5 cm³/mol. The summed E-state index contributed by atoms with van der Waals surface area (Å²) in [6.07, 6.45) is 2.20. The SMILES string of the molecule is CC(C)=CC1C(C(=O)OCc2cccc(C(C)C)c2)C1(C)C. The van der Waals surface area contributed by atoms with E-state index < -0.39 is 0 Å². The van der Waals surface area contributed by atoms with E-state index in [0.717, 1.165) is 5.56 Å². The first kappa shape index (κ1) is 16.8. The summed E-state index contributed by atoms with van der Waals surface area (Å²) in [4.78, 5) is 12.4. The average molecular weight is 300 g/mol. The predicted octanol–water partition coefficient (Wildman–Crippen LogP) is 5.09. The Morgan fingerprint density at radius 3 is 2.59 bits per heavy atom. The fraction of sp³-hybridized carbons (Fsp3) is 0.550. The molecule has 0 heterocycles. The second-order valence-electron chi connectivity index (χ2n) is 7.58. The van der Waals surface area contributed by atoms with Crippen molar-refractivity contribution in [2.45, 2.75) is 54.1 Å². The monoisotopic (exact) mass is 300 g/mol. The normalized spacial score (nSPS) is 22.3. The molecule has 1 aromatic carbocycles. The van der Waals surface area contributed by atoms with Crippen molar-refractivity contribution in [1.29, 1.82) is 0 Å². The molecule has 120 valence electrons. The molecule has 0 N–H and O–H groups in total. The van der Waals surface area contributed by atoms with Gasteiger partial charge in [-0.25, -0.2) is 0 Å². The van der Waals surface area contributed by atoms with Gasteiger partial charge in [-0.1, -0.05) is 63.6 Å². The van der Waals surface area contributed by atoms with Gasteiger partial charge in [0.05, 0.1) is 5.92 Å². The third-order valence-corrected chi connectivity index (χ3v) is 4.68. The highest BCUT2D eigenvalue weighted by Gasteiger charge is 2.61. The van der Waals surface area contributed by atoms with Crippen LogP contribution in [0, 0.1) is 17.3 Å². The minimum Gasteiger partial charge on any atom is -0.461 e. The molecule has 0 bridgehead atoms. The van der Waals surface area contributed by atoms with Crippen molar-refractivity contribution in [1.82, 2.24) is 0 Å². The summed E-state index contributed by atoms with van der Waals surface area (Å²) in [7, 11) is 0. The number of allylic oxidation sites excluding steroid dienone is 2. The molecular formula is C20H28O2. The Morgan fingerprint density at radius 2 is 2.00 bits per heavy atom. The zero-order chi connectivity index (χ0) is 16.5. The van der Waals surface area contributed by atoms with Gasteiger partial charge in [-0.3, -0.25) is 4.79 Å². The molecule has 1 aromatic rings. The summed E-state index contributed by atoms with van der Waals surface area (Å²) in [5, 5.41) is 0. The first-order chi connectivity index (χ1) is 10.2.